The lowest BCUT2D eigenvalue weighted by molar-refractivity contribution is -0.689. The quantitative estimate of drug-likeness (QED) is 0.572. The number of nitrogens with zero attached hydrogens (tertiary/aromatic N) is 2. The van der Waals surface area contributed by atoms with Crippen molar-refractivity contribution in [3.63, 3.8) is 0 Å². The summed E-state index contributed by atoms with van der Waals surface area (Å²) in [5.74, 6) is 0. The predicted molar refractivity (Wildman–Crippen MR) is 112 cm³/mol. The first-order valence-corrected chi connectivity index (χ1v) is 9.33. The number of aromatic nitrogens is 2. The van der Waals surface area contributed by atoms with Gasteiger partial charge in [-0.25, -0.2) is 9.13 Å². The molecule has 0 radical (unpaired) electrons. The van der Waals surface area contributed by atoms with Crippen molar-refractivity contribution >= 4 is 12.2 Å². The first kappa shape index (κ1) is 18.8. The summed E-state index contributed by atoms with van der Waals surface area (Å²) in [6.45, 7) is 16.1. The van der Waals surface area contributed by atoms with Crippen LogP contribution in [0.5, 0.6) is 0 Å². The third-order valence-corrected chi connectivity index (χ3v) is 5.28. The molecule has 1 aromatic carbocycles. The van der Waals surface area contributed by atoms with Crippen molar-refractivity contribution in [2.75, 3.05) is 0 Å². The maximum Gasteiger partial charge on any atom is 0.174 e. The molecule has 2 heteroatoms. The summed E-state index contributed by atoms with van der Waals surface area (Å²) in [6, 6.07) is 10.7. The number of pyridine rings is 2. The molecule has 27 heavy (non-hydrogen) atoms. The molecule has 2 nitrogen and oxygen atoms in total. The molecule has 0 amide bonds. The van der Waals surface area contributed by atoms with Crippen molar-refractivity contribution in [1.82, 2.24) is 0 Å². The molecule has 0 aliphatic heterocycles. The normalized spacial score (nSPS) is 10.6. The van der Waals surface area contributed by atoms with Crippen LogP contribution in [0.3, 0.4) is 0 Å². The molecule has 0 atom stereocenters. The molecule has 0 aliphatic rings. The minimum atomic E-state index is 0.877. The molecular weight excluding hydrogens is 328 g/mol. The summed E-state index contributed by atoms with van der Waals surface area (Å²) < 4.78 is 4.46. The highest BCUT2D eigenvalue weighted by molar-refractivity contribution is 5.46. The van der Waals surface area contributed by atoms with Crippen LogP contribution < -0.4 is 9.13 Å². The molecule has 2 heterocycles. The first-order valence-electron chi connectivity index (χ1n) is 9.33. The highest BCUT2D eigenvalue weighted by atomic mass is 14.9. The largest absolute Gasteiger partial charge is 0.201 e. The van der Waals surface area contributed by atoms with E-state index >= 15 is 0 Å². The van der Waals surface area contributed by atoms with E-state index < -0.39 is 0 Å². The Bertz CT molecular complexity index is 887. The summed E-state index contributed by atoms with van der Waals surface area (Å²) in [5, 5.41) is 0. The van der Waals surface area contributed by atoms with E-state index in [9.17, 15) is 0 Å². The molecule has 0 aliphatic carbocycles. The van der Waals surface area contributed by atoms with Gasteiger partial charge in [-0.15, -0.1) is 0 Å². The minimum absolute atomic E-state index is 0.877. The minimum Gasteiger partial charge on any atom is -0.201 e. The second-order valence-corrected chi connectivity index (χ2v) is 7.11. The predicted octanol–water partition coefficient (Wildman–Crippen LogP) is 4.57. The van der Waals surface area contributed by atoms with Crippen LogP contribution in [-0.4, -0.2) is 0 Å². The number of aryl methyl sites for hydroxylation is 2. The van der Waals surface area contributed by atoms with Gasteiger partial charge in [0.2, 0.25) is 0 Å². The lowest BCUT2D eigenvalue weighted by atomic mass is 9.93. The van der Waals surface area contributed by atoms with Crippen LogP contribution >= 0.6 is 0 Å². The van der Waals surface area contributed by atoms with Gasteiger partial charge in [-0.1, -0.05) is 31.4 Å². The lowest BCUT2D eigenvalue weighted by Gasteiger charge is -2.14. The van der Waals surface area contributed by atoms with Crippen molar-refractivity contribution in [3.05, 3.63) is 107 Å². The van der Waals surface area contributed by atoms with Crippen molar-refractivity contribution in [3.8, 4) is 0 Å². The Labute approximate surface area is 162 Å². The van der Waals surface area contributed by atoms with Gasteiger partial charge in [0.25, 0.3) is 0 Å². The second-order valence-electron chi connectivity index (χ2n) is 7.11. The number of hydrogen-bond donors (Lipinski definition) is 0. The smallest absolute Gasteiger partial charge is 0.174 e. The summed E-state index contributed by atoms with van der Waals surface area (Å²) in [6.07, 6.45) is 12.2. The van der Waals surface area contributed by atoms with E-state index in [1.54, 1.807) is 0 Å². The Morgan fingerprint density at radius 2 is 1.07 bits per heavy atom. The van der Waals surface area contributed by atoms with Gasteiger partial charge in [0, 0.05) is 35.4 Å². The van der Waals surface area contributed by atoms with Gasteiger partial charge in [0.1, 0.15) is 0 Å². The summed E-state index contributed by atoms with van der Waals surface area (Å²) >= 11 is 0. The summed E-state index contributed by atoms with van der Waals surface area (Å²) in [4.78, 5) is 0. The van der Waals surface area contributed by atoms with Crippen LogP contribution in [0.1, 0.15) is 38.9 Å². The third kappa shape index (κ3) is 4.22. The van der Waals surface area contributed by atoms with Crippen LogP contribution in [0.15, 0.2) is 68.3 Å². The molecule has 0 saturated heterocycles. The number of rotatable bonds is 6. The molecule has 136 valence electrons. The van der Waals surface area contributed by atoms with E-state index in [2.05, 4.69) is 98.2 Å². The van der Waals surface area contributed by atoms with Gasteiger partial charge in [0.15, 0.2) is 37.9 Å². The van der Waals surface area contributed by atoms with E-state index in [-0.39, 0.29) is 0 Å². The molecule has 0 N–H and O–H groups in total. The zero-order valence-corrected chi connectivity index (χ0v) is 16.6. The van der Waals surface area contributed by atoms with E-state index in [1.165, 1.54) is 27.8 Å². The summed E-state index contributed by atoms with van der Waals surface area (Å²) in [7, 11) is 0. The second kappa shape index (κ2) is 8.13. The van der Waals surface area contributed by atoms with Gasteiger partial charge in [-0.2, -0.15) is 0 Å². The molecule has 2 aromatic heterocycles. The average molecular weight is 357 g/mol. The monoisotopic (exact) mass is 356 g/mol. The van der Waals surface area contributed by atoms with Crippen LogP contribution in [0.25, 0.3) is 12.2 Å². The van der Waals surface area contributed by atoms with Crippen LogP contribution in [0, 0.1) is 20.8 Å². The maximum absolute atomic E-state index is 3.83. The van der Waals surface area contributed by atoms with E-state index in [1.807, 2.05) is 12.2 Å². The van der Waals surface area contributed by atoms with Gasteiger partial charge >= 0.3 is 0 Å². The SMILES string of the molecule is C=Cc1cc[n+](Cc2c(C)cc(C)c(C[n+]3ccc(C=C)cc3)c2C)cc1. The van der Waals surface area contributed by atoms with E-state index in [4.69, 9.17) is 0 Å². The van der Waals surface area contributed by atoms with Gasteiger partial charge in [-0.05, 0) is 48.6 Å². The van der Waals surface area contributed by atoms with Crippen molar-refractivity contribution in [1.29, 1.82) is 0 Å². The number of benzene rings is 1. The van der Waals surface area contributed by atoms with Gasteiger partial charge in [-0.3, -0.25) is 0 Å². The fourth-order valence-corrected chi connectivity index (χ4v) is 3.55. The van der Waals surface area contributed by atoms with Crippen molar-refractivity contribution in [2.24, 2.45) is 0 Å². The van der Waals surface area contributed by atoms with Crippen LogP contribution in [0.4, 0.5) is 0 Å². The Morgan fingerprint density at radius 1 is 0.704 bits per heavy atom. The topological polar surface area (TPSA) is 7.76 Å². The molecular formula is C25H28N2+2. The molecule has 3 rings (SSSR count). The maximum atomic E-state index is 3.83. The third-order valence-electron chi connectivity index (χ3n) is 5.28. The fraction of sp³-hybridized carbons (Fsp3) is 0.200. The Kier molecular flexibility index (Phi) is 5.66. The van der Waals surface area contributed by atoms with E-state index in [0.29, 0.717) is 0 Å². The lowest BCUT2D eigenvalue weighted by Crippen LogP contribution is -2.36. The van der Waals surface area contributed by atoms with Crippen molar-refractivity contribution in [2.45, 2.75) is 33.9 Å². The van der Waals surface area contributed by atoms with Gasteiger partial charge in [0.05, 0.1) is 0 Å². The molecule has 0 bridgehead atoms. The molecule has 3 aromatic rings. The zero-order chi connectivity index (χ0) is 19.4. The Balaban J connectivity index is 1.93. The number of hydrogen-bond acceptors (Lipinski definition) is 0. The van der Waals surface area contributed by atoms with E-state index in [0.717, 1.165) is 24.2 Å². The Morgan fingerprint density at radius 3 is 1.41 bits per heavy atom. The van der Waals surface area contributed by atoms with Gasteiger partial charge < -0.3 is 0 Å². The first-order chi connectivity index (χ1) is 13.0. The van der Waals surface area contributed by atoms with Crippen LogP contribution in [0.2, 0.25) is 0 Å². The fourth-order valence-electron chi connectivity index (χ4n) is 3.55. The van der Waals surface area contributed by atoms with Crippen molar-refractivity contribution < 1.29 is 9.13 Å². The highest BCUT2D eigenvalue weighted by Crippen LogP contribution is 2.22. The molecule has 0 unspecified atom stereocenters. The zero-order valence-electron chi connectivity index (χ0n) is 16.6. The summed E-state index contributed by atoms with van der Waals surface area (Å²) in [5.41, 5.74) is 9.16. The average Bonchev–Trinajstić information content (AvgIpc) is 2.69. The highest BCUT2D eigenvalue weighted by Gasteiger charge is 2.17. The Hall–Kier alpha value is -3.00. The standard InChI is InChI=1S/C25H28N2/c1-6-22-8-12-26(13-9-22)17-24-19(3)16-20(4)25(21(24)5)18-27-14-10-23(7-2)11-15-27/h6-16H,1-2,17-18H2,3-5H3/q+2. The van der Waals surface area contributed by atoms with Crippen LogP contribution in [-0.2, 0) is 13.1 Å². The molecule has 0 fully saturated rings. The molecule has 0 spiro atoms. The molecule has 0 saturated carbocycles.